The Hall–Kier alpha value is -3.36. The number of carbonyl (C=O) groups is 1. The number of benzene rings is 1. The molecule has 4 rings (SSSR count). The molecule has 1 N–H and O–H groups in total. The summed E-state index contributed by atoms with van der Waals surface area (Å²) in [6, 6.07) is 10.7. The third-order valence-corrected chi connectivity index (χ3v) is 4.28. The molecule has 1 aromatic carbocycles. The molecule has 0 unspecified atom stereocenters. The minimum absolute atomic E-state index is 0.161. The van der Waals surface area contributed by atoms with Gasteiger partial charge in [0.25, 0.3) is 5.91 Å². The van der Waals surface area contributed by atoms with Gasteiger partial charge in [-0.3, -0.25) is 14.5 Å². The molecular weight excluding hydrogens is 373 g/mol. The number of hydrogen-bond acceptors (Lipinski definition) is 4. The van der Waals surface area contributed by atoms with Gasteiger partial charge in [0.1, 0.15) is 11.4 Å². The highest BCUT2D eigenvalue weighted by atomic mass is 19.4. The monoisotopic (exact) mass is 388 g/mol. The Bertz CT molecular complexity index is 1010. The van der Waals surface area contributed by atoms with Crippen molar-refractivity contribution in [3.63, 3.8) is 0 Å². The summed E-state index contributed by atoms with van der Waals surface area (Å²) in [5, 5.41) is 7.32. The van der Waals surface area contributed by atoms with Crippen LogP contribution in [-0.2, 0) is 6.54 Å². The van der Waals surface area contributed by atoms with Gasteiger partial charge in [0.15, 0.2) is 0 Å². The first kappa shape index (κ1) is 18.0. The third kappa shape index (κ3) is 3.83. The van der Waals surface area contributed by atoms with Crippen molar-refractivity contribution >= 4 is 5.91 Å². The van der Waals surface area contributed by atoms with Crippen LogP contribution in [0.1, 0.15) is 16.9 Å². The van der Waals surface area contributed by atoms with Crippen molar-refractivity contribution in [2.75, 3.05) is 6.54 Å². The summed E-state index contributed by atoms with van der Waals surface area (Å²) in [6.07, 6.45) is -2.34. The van der Waals surface area contributed by atoms with E-state index in [2.05, 4.69) is 20.1 Å². The van der Waals surface area contributed by atoms with Crippen molar-refractivity contribution in [3.05, 3.63) is 54.4 Å². The zero-order valence-corrected chi connectivity index (χ0v) is 14.5. The number of pyridine rings is 1. The maximum absolute atomic E-state index is 12.3. The number of aromatic nitrogens is 3. The van der Waals surface area contributed by atoms with E-state index in [9.17, 15) is 18.0 Å². The molecule has 9 heteroatoms. The molecule has 0 saturated carbocycles. The number of aryl methyl sites for hydroxylation is 1. The van der Waals surface area contributed by atoms with Gasteiger partial charge < -0.3 is 10.1 Å². The molecule has 28 heavy (non-hydrogen) atoms. The molecule has 144 valence electrons. The highest BCUT2D eigenvalue weighted by Gasteiger charge is 2.31. The molecule has 0 aliphatic carbocycles. The third-order valence-electron chi connectivity index (χ3n) is 4.28. The summed E-state index contributed by atoms with van der Waals surface area (Å²) < 4.78 is 42.4. The van der Waals surface area contributed by atoms with Crippen LogP contribution in [0, 0.1) is 0 Å². The largest absolute Gasteiger partial charge is 0.573 e. The van der Waals surface area contributed by atoms with Crippen LogP contribution in [0.5, 0.6) is 5.75 Å². The predicted molar refractivity (Wildman–Crippen MR) is 94.5 cm³/mol. The number of nitrogens with zero attached hydrogens (tertiary/aromatic N) is 3. The number of fused-ring (bicyclic) bond motifs is 1. The summed E-state index contributed by atoms with van der Waals surface area (Å²) in [5.41, 5.74) is 3.10. The van der Waals surface area contributed by atoms with Crippen LogP contribution in [-0.4, -0.2) is 33.6 Å². The number of ether oxygens (including phenoxy) is 1. The molecule has 0 bridgehead atoms. The van der Waals surface area contributed by atoms with Crippen LogP contribution in [0.3, 0.4) is 0 Å². The minimum atomic E-state index is -4.73. The van der Waals surface area contributed by atoms with Crippen molar-refractivity contribution in [2.45, 2.75) is 19.3 Å². The molecule has 2 aromatic heterocycles. The lowest BCUT2D eigenvalue weighted by atomic mass is 10.1. The van der Waals surface area contributed by atoms with Crippen LogP contribution >= 0.6 is 0 Å². The second kappa shape index (κ2) is 6.99. The van der Waals surface area contributed by atoms with Crippen molar-refractivity contribution in [2.24, 2.45) is 0 Å². The van der Waals surface area contributed by atoms with Gasteiger partial charge in [0, 0.05) is 30.4 Å². The number of nitrogens with one attached hydrogen (secondary N) is 1. The van der Waals surface area contributed by atoms with Crippen LogP contribution < -0.4 is 10.1 Å². The Balaban J connectivity index is 1.62. The summed E-state index contributed by atoms with van der Waals surface area (Å²) >= 11 is 0. The fraction of sp³-hybridized carbons (Fsp3) is 0.211. The van der Waals surface area contributed by atoms with Gasteiger partial charge in [-0.05, 0) is 48.9 Å². The molecule has 0 fully saturated rings. The Labute approximate surface area is 158 Å². The van der Waals surface area contributed by atoms with Crippen molar-refractivity contribution in [1.82, 2.24) is 20.1 Å². The average molecular weight is 388 g/mol. The fourth-order valence-electron chi connectivity index (χ4n) is 3.01. The lowest BCUT2D eigenvalue weighted by Crippen LogP contribution is -2.22. The van der Waals surface area contributed by atoms with E-state index in [4.69, 9.17) is 0 Å². The molecule has 1 aliphatic heterocycles. The molecule has 1 amide bonds. The number of halogens is 3. The van der Waals surface area contributed by atoms with E-state index in [1.165, 1.54) is 24.3 Å². The van der Waals surface area contributed by atoms with Gasteiger partial charge in [-0.15, -0.1) is 13.2 Å². The molecule has 0 radical (unpaired) electrons. The quantitative estimate of drug-likeness (QED) is 0.744. The number of alkyl halides is 3. The highest BCUT2D eigenvalue weighted by molar-refractivity contribution is 5.94. The lowest BCUT2D eigenvalue weighted by Gasteiger charge is -2.09. The average Bonchev–Trinajstić information content (AvgIpc) is 3.01. The van der Waals surface area contributed by atoms with E-state index >= 15 is 0 Å². The Morgan fingerprint density at radius 3 is 2.57 bits per heavy atom. The molecule has 0 saturated heterocycles. The fourth-order valence-corrected chi connectivity index (χ4v) is 3.01. The molecular formula is C19H15F3N4O2. The molecule has 0 spiro atoms. The lowest BCUT2D eigenvalue weighted by molar-refractivity contribution is -0.274. The predicted octanol–water partition coefficient (Wildman–Crippen LogP) is 3.64. The number of carbonyl (C=O) groups excluding carboxylic acids is 1. The number of hydrogen-bond donors (Lipinski definition) is 1. The van der Waals surface area contributed by atoms with Gasteiger partial charge in [0.05, 0.1) is 11.4 Å². The normalized spacial score (nSPS) is 14.2. The summed E-state index contributed by atoms with van der Waals surface area (Å²) in [6.45, 7) is 1.26. The summed E-state index contributed by atoms with van der Waals surface area (Å²) in [7, 11) is 0. The summed E-state index contributed by atoms with van der Waals surface area (Å²) in [4.78, 5) is 16.4. The maximum Gasteiger partial charge on any atom is 0.573 e. The Kier molecular flexibility index (Phi) is 4.50. The smallest absolute Gasteiger partial charge is 0.406 e. The van der Waals surface area contributed by atoms with Gasteiger partial charge in [-0.2, -0.15) is 5.10 Å². The molecule has 3 heterocycles. The number of amides is 1. The first-order valence-electron chi connectivity index (χ1n) is 8.58. The van der Waals surface area contributed by atoms with Crippen molar-refractivity contribution in [3.8, 4) is 28.3 Å². The van der Waals surface area contributed by atoms with E-state index < -0.39 is 6.36 Å². The highest BCUT2D eigenvalue weighted by Crippen LogP contribution is 2.28. The minimum Gasteiger partial charge on any atom is -0.406 e. The van der Waals surface area contributed by atoms with Crippen molar-refractivity contribution < 1.29 is 22.7 Å². The number of rotatable bonds is 3. The van der Waals surface area contributed by atoms with E-state index in [0.29, 0.717) is 35.7 Å². The standard InChI is InChI=1S/C19H15F3N4O2/c20-19(21,22)28-14-4-2-12(3-5-14)15-10-13(6-8-23-15)16-11-17-18(27)24-7-1-9-26(17)25-16/h2-6,8,10-11H,1,7,9H2,(H,24,27). The van der Waals surface area contributed by atoms with E-state index in [0.717, 1.165) is 12.0 Å². The van der Waals surface area contributed by atoms with E-state index in [1.807, 2.05) is 0 Å². The SMILES string of the molecule is O=C1NCCCn2nc(-c3ccnc(-c4ccc(OC(F)(F)F)cc4)c3)cc21. The first-order valence-corrected chi connectivity index (χ1v) is 8.58. The van der Waals surface area contributed by atoms with Gasteiger partial charge >= 0.3 is 6.36 Å². The first-order chi connectivity index (χ1) is 13.4. The molecule has 6 nitrogen and oxygen atoms in total. The second-order valence-corrected chi connectivity index (χ2v) is 6.25. The zero-order chi connectivity index (χ0) is 19.7. The molecule has 3 aromatic rings. The zero-order valence-electron chi connectivity index (χ0n) is 14.5. The van der Waals surface area contributed by atoms with Crippen LogP contribution in [0.2, 0.25) is 0 Å². The van der Waals surface area contributed by atoms with Crippen LogP contribution in [0.4, 0.5) is 13.2 Å². The Morgan fingerprint density at radius 1 is 1.04 bits per heavy atom. The van der Waals surface area contributed by atoms with Gasteiger partial charge in [0.2, 0.25) is 0 Å². The Morgan fingerprint density at radius 2 is 1.82 bits per heavy atom. The molecule has 1 aliphatic rings. The van der Waals surface area contributed by atoms with Crippen molar-refractivity contribution in [1.29, 1.82) is 0 Å². The van der Waals surface area contributed by atoms with Crippen LogP contribution in [0.15, 0.2) is 48.7 Å². The topological polar surface area (TPSA) is 69.0 Å². The van der Waals surface area contributed by atoms with E-state index in [1.54, 1.807) is 29.1 Å². The second-order valence-electron chi connectivity index (χ2n) is 6.25. The van der Waals surface area contributed by atoms with Gasteiger partial charge in [-0.25, -0.2) is 0 Å². The van der Waals surface area contributed by atoms with Crippen LogP contribution in [0.25, 0.3) is 22.5 Å². The van der Waals surface area contributed by atoms with Gasteiger partial charge in [-0.1, -0.05) is 0 Å². The van der Waals surface area contributed by atoms with E-state index in [-0.39, 0.29) is 11.7 Å². The molecule has 0 atom stereocenters. The maximum atomic E-state index is 12.3. The summed E-state index contributed by atoms with van der Waals surface area (Å²) in [5.74, 6) is -0.456.